The van der Waals surface area contributed by atoms with Crippen LogP contribution < -0.4 is 15.8 Å². The normalized spacial score (nSPS) is 22.2. The highest BCUT2D eigenvalue weighted by Gasteiger charge is 2.28. The number of benzene rings is 1. The molecule has 112 valence electrons. The van der Waals surface area contributed by atoms with Gasteiger partial charge in [0.1, 0.15) is 5.75 Å². The van der Waals surface area contributed by atoms with E-state index >= 15 is 0 Å². The van der Waals surface area contributed by atoms with Crippen molar-refractivity contribution in [2.24, 2.45) is 10.7 Å². The van der Waals surface area contributed by atoms with Crippen molar-refractivity contribution in [2.45, 2.75) is 24.5 Å². The molecule has 4 nitrogen and oxygen atoms in total. The number of hydrogen-bond donors (Lipinski definition) is 2. The standard InChI is InChI=1S/C14H21N3OS.HI/c1-14(8-3-9-19-14)10-16-13(15)17-11-4-6-12(18-2)7-5-11;/h4-7H,3,8-10H2,1-2H3,(H3,15,16,17);1H. The van der Waals surface area contributed by atoms with Crippen LogP contribution >= 0.6 is 35.7 Å². The molecular weight excluding hydrogens is 385 g/mol. The number of halogens is 1. The second-order valence-corrected chi connectivity index (χ2v) is 6.64. The second-order valence-electron chi connectivity index (χ2n) is 4.96. The van der Waals surface area contributed by atoms with E-state index < -0.39 is 0 Å². The molecule has 1 fully saturated rings. The Morgan fingerprint density at radius 3 is 2.70 bits per heavy atom. The van der Waals surface area contributed by atoms with E-state index in [0.29, 0.717) is 5.96 Å². The van der Waals surface area contributed by atoms with Gasteiger partial charge in [0.2, 0.25) is 0 Å². The summed E-state index contributed by atoms with van der Waals surface area (Å²) in [6.45, 7) is 3.03. The minimum atomic E-state index is 0. The van der Waals surface area contributed by atoms with Crippen molar-refractivity contribution < 1.29 is 4.74 Å². The van der Waals surface area contributed by atoms with Gasteiger partial charge in [-0.3, -0.25) is 4.99 Å². The van der Waals surface area contributed by atoms with E-state index in [2.05, 4.69) is 17.2 Å². The van der Waals surface area contributed by atoms with Crippen LogP contribution in [-0.4, -0.2) is 30.1 Å². The van der Waals surface area contributed by atoms with Crippen LogP contribution in [0.15, 0.2) is 29.3 Å². The fourth-order valence-corrected chi connectivity index (χ4v) is 3.30. The number of nitrogens with zero attached hydrogens (tertiary/aromatic N) is 1. The number of thioether (sulfide) groups is 1. The third kappa shape index (κ3) is 5.05. The molecule has 0 aliphatic carbocycles. The third-order valence-electron chi connectivity index (χ3n) is 3.25. The first-order valence-electron chi connectivity index (χ1n) is 6.46. The molecule has 3 N–H and O–H groups in total. The van der Waals surface area contributed by atoms with Crippen LogP contribution in [0.2, 0.25) is 0 Å². The van der Waals surface area contributed by atoms with E-state index in [-0.39, 0.29) is 28.7 Å². The van der Waals surface area contributed by atoms with Crippen LogP contribution in [0.5, 0.6) is 5.75 Å². The number of anilines is 1. The maximum absolute atomic E-state index is 5.91. The van der Waals surface area contributed by atoms with Gasteiger partial charge in [0, 0.05) is 10.4 Å². The minimum Gasteiger partial charge on any atom is -0.497 e. The zero-order valence-electron chi connectivity index (χ0n) is 11.9. The number of rotatable bonds is 4. The molecule has 1 unspecified atom stereocenters. The van der Waals surface area contributed by atoms with Crippen molar-refractivity contribution in [3.8, 4) is 5.75 Å². The van der Waals surface area contributed by atoms with E-state index in [9.17, 15) is 0 Å². The van der Waals surface area contributed by atoms with Crippen LogP contribution in [-0.2, 0) is 0 Å². The lowest BCUT2D eigenvalue weighted by molar-refractivity contribution is 0.415. The molecule has 20 heavy (non-hydrogen) atoms. The number of guanidine groups is 1. The van der Waals surface area contributed by atoms with E-state index in [0.717, 1.165) is 18.0 Å². The fourth-order valence-electron chi connectivity index (χ4n) is 2.08. The lowest BCUT2D eigenvalue weighted by atomic mass is 10.1. The summed E-state index contributed by atoms with van der Waals surface area (Å²) < 4.78 is 5.37. The van der Waals surface area contributed by atoms with Gasteiger partial charge in [-0.25, -0.2) is 0 Å². The molecule has 6 heteroatoms. The Morgan fingerprint density at radius 2 is 2.15 bits per heavy atom. The predicted molar refractivity (Wildman–Crippen MR) is 98.6 cm³/mol. The van der Waals surface area contributed by atoms with E-state index in [4.69, 9.17) is 10.5 Å². The number of ether oxygens (including phenoxy) is 1. The molecule has 0 bridgehead atoms. The monoisotopic (exact) mass is 407 g/mol. The molecule has 2 rings (SSSR count). The Balaban J connectivity index is 0.00000200. The molecule has 1 aliphatic heterocycles. The van der Waals surface area contributed by atoms with E-state index in [1.165, 1.54) is 18.6 Å². The third-order valence-corrected chi connectivity index (χ3v) is 4.77. The van der Waals surface area contributed by atoms with Crippen LogP contribution in [0, 0.1) is 0 Å². The summed E-state index contributed by atoms with van der Waals surface area (Å²) in [5, 5.41) is 3.10. The van der Waals surface area contributed by atoms with Crippen molar-refractivity contribution in [3.63, 3.8) is 0 Å². The molecule has 0 amide bonds. The van der Waals surface area contributed by atoms with E-state index in [1.54, 1.807) is 7.11 Å². The molecule has 1 aromatic carbocycles. The zero-order chi connectivity index (χ0) is 13.7. The van der Waals surface area contributed by atoms with Crippen molar-refractivity contribution in [2.75, 3.05) is 24.7 Å². The molecule has 1 atom stereocenters. The smallest absolute Gasteiger partial charge is 0.193 e. The summed E-state index contributed by atoms with van der Waals surface area (Å²) in [6, 6.07) is 7.63. The fraction of sp³-hybridized carbons (Fsp3) is 0.500. The Bertz CT molecular complexity index is 444. The Morgan fingerprint density at radius 1 is 1.45 bits per heavy atom. The number of nitrogens with one attached hydrogen (secondary N) is 1. The molecule has 1 aromatic rings. The van der Waals surface area contributed by atoms with Crippen molar-refractivity contribution in [1.29, 1.82) is 0 Å². The molecule has 0 spiro atoms. The van der Waals surface area contributed by atoms with Gasteiger partial charge in [-0.1, -0.05) is 0 Å². The topological polar surface area (TPSA) is 59.6 Å². The molecule has 0 radical (unpaired) electrons. The summed E-state index contributed by atoms with van der Waals surface area (Å²) in [7, 11) is 1.65. The first kappa shape index (κ1) is 17.4. The van der Waals surface area contributed by atoms with Crippen LogP contribution in [0.25, 0.3) is 0 Å². The Kier molecular flexibility index (Phi) is 6.94. The van der Waals surface area contributed by atoms with Crippen LogP contribution in [0.4, 0.5) is 5.69 Å². The van der Waals surface area contributed by atoms with Crippen LogP contribution in [0.1, 0.15) is 19.8 Å². The SMILES string of the molecule is COc1ccc(NC(N)=NCC2(C)CCCS2)cc1.I. The Labute approximate surface area is 142 Å². The van der Waals surface area contributed by atoms with Crippen molar-refractivity contribution in [1.82, 2.24) is 0 Å². The number of nitrogens with two attached hydrogens (primary N) is 1. The van der Waals surface area contributed by atoms with Gasteiger partial charge in [-0.2, -0.15) is 11.8 Å². The van der Waals surface area contributed by atoms with Gasteiger partial charge in [0.15, 0.2) is 5.96 Å². The summed E-state index contributed by atoms with van der Waals surface area (Å²) in [5.74, 6) is 2.53. The van der Waals surface area contributed by atoms with Gasteiger partial charge in [0.25, 0.3) is 0 Å². The average molecular weight is 407 g/mol. The zero-order valence-corrected chi connectivity index (χ0v) is 15.0. The lowest BCUT2D eigenvalue weighted by Gasteiger charge is -2.19. The summed E-state index contributed by atoms with van der Waals surface area (Å²) in [4.78, 5) is 4.45. The maximum atomic E-state index is 5.91. The summed E-state index contributed by atoms with van der Waals surface area (Å²) in [6.07, 6.45) is 2.50. The van der Waals surface area contributed by atoms with Gasteiger partial charge in [-0.15, -0.1) is 24.0 Å². The number of methoxy groups -OCH3 is 1. The van der Waals surface area contributed by atoms with Crippen molar-refractivity contribution >= 4 is 47.4 Å². The van der Waals surface area contributed by atoms with Gasteiger partial charge < -0.3 is 15.8 Å². The van der Waals surface area contributed by atoms with Crippen LogP contribution in [0.3, 0.4) is 0 Å². The first-order valence-corrected chi connectivity index (χ1v) is 7.45. The van der Waals surface area contributed by atoms with Gasteiger partial charge in [-0.05, 0) is 49.8 Å². The van der Waals surface area contributed by atoms with Crippen molar-refractivity contribution in [3.05, 3.63) is 24.3 Å². The Hall–Kier alpha value is -0.630. The van der Waals surface area contributed by atoms with Gasteiger partial charge >= 0.3 is 0 Å². The highest BCUT2D eigenvalue weighted by molar-refractivity contribution is 14.0. The lowest BCUT2D eigenvalue weighted by Crippen LogP contribution is -2.27. The molecule has 1 heterocycles. The molecule has 0 saturated carbocycles. The molecule has 0 aromatic heterocycles. The second kappa shape index (κ2) is 7.97. The molecule has 1 saturated heterocycles. The number of aliphatic imine (C=N–C) groups is 1. The average Bonchev–Trinajstić information content (AvgIpc) is 2.85. The predicted octanol–water partition coefficient (Wildman–Crippen LogP) is 3.33. The summed E-state index contributed by atoms with van der Waals surface area (Å²) >= 11 is 1.99. The van der Waals surface area contributed by atoms with E-state index in [1.807, 2.05) is 36.0 Å². The quantitative estimate of drug-likeness (QED) is 0.457. The molecule has 1 aliphatic rings. The molecular formula is C14H22IN3OS. The minimum absolute atomic E-state index is 0. The van der Waals surface area contributed by atoms with Gasteiger partial charge in [0.05, 0.1) is 13.7 Å². The summed E-state index contributed by atoms with van der Waals surface area (Å²) in [5.41, 5.74) is 6.83. The first-order chi connectivity index (χ1) is 9.11. The highest BCUT2D eigenvalue weighted by atomic mass is 127. The highest BCUT2D eigenvalue weighted by Crippen LogP contribution is 2.37. The maximum Gasteiger partial charge on any atom is 0.193 e. The largest absolute Gasteiger partial charge is 0.497 e. The number of hydrogen-bond acceptors (Lipinski definition) is 3.